The highest BCUT2D eigenvalue weighted by Gasteiger charge is 2.37. The lowest BCUT2D eigenvalue weighted by Crippen LogP contribution is -2.42. The molecule has 6 heteroatoms. The molecule has 0 aromatic heterocycles. The van der Waals surface area contributed by atoms with Crippen LogP contribution in [0.25, 0.3) is 0 Å². The summed E-state index contributed by atoms with van der Waals surface area (Å²) in [6.45, 7) is 5.75. The zero-order valence-corrected chi connectivity index (χ0v) is 10.8. The van der Waals surface area contributed by atoms with Crippen molar-refractivity contribution in [2.45, 2.75) is 51.3 Å². The van der Waals surface area contributed by atoms with Gasteiger partial charge in [0.1, 0.15) is 0 Å². The second kappa shape index (κ2) is 4.33. The summed E-state index contributed by atoms with van der Waals surface area (Å²) >= 11 is 0. The number of sulfonamides is 1. The Morgan fingerprint density at radius 1 is 1.44 bits per heavy atom. The van der Waals surface area contributed by atoms with Crippen LogP contribution in [-0.4, -0.2) is 25.6 Å². The maximum Gasteiger partial charge on any atom is 0.237 e. The summed E-state index contributed by atoms with van der Waals surface area (Å²) in [4.78, 5) is 11.5. The molecule has 0 heterocycles. The van der Waals surface area contributed by atoms with Crippen molar-refractivity contribution < 1.29 is 13.2 Å². The molecule has 5 nitrogen and oxygen atoms in total. The first-order valence-corrected chi connectivity index (χ1v) is 6.97. The van der Waals surface area contributed by atoms with Crippen LogP contribution in [0.5, 0.6) is 0 Å². The van der Waals surface area contributed by atoms with Gasteiger partial charge in [-0.2, -0.15) is 0 Å². The minimum Gasteiger partial charge on any atom is -0.327 e. The van der Waals surface area contributed by atoms with Crippen LogP contribution < -0.4 is 10.5 Å². The molecule has 1 unspecified atom stereocenters. The van der Waals surface area contributed by atoms with E-state index in [2.05, 4.69) is 4.72 Å². The molecule has 0 bridgehead atoms. The van der Waals surface area contributed by atoms with Gasteiger partial charge < -0.3 is 5.73 Å². The van der Waals surface area contributed by atoms with E-state index in [1.165, 1.54) is 0 Å². The van der Waals surface area contributed by atoms with Gasteiger partial charge in [0.2, 0.25) is 15.9 Å². The Balaban J connectivity index is 2.48. The third kappa shape index (κ3) is 3.75. The standard InChI is InChI=1S/C10H20N2O3S/c1-10(2,3)8(11)6-9(13)12-16(14,15)7-4-5-7/h7-8H,4-6,11H2,1-3H3,(H,12,13). The van der Waals surface area contributed by atoms with E-state index in [1.54, 1.807) is 0 Å². The van der Waals surface area contributed by atoms with Crippen LogP contribution in [0.4, 0.5) is 0 Å². The highest BCUT2D eigenvalue weighted by Crippen LogP contribution is 2.27. The fourth-order valence-electron chi connectivity index (χ4n) is 1.17. The molecule has 1 fully saturated rings. The molecule has 1 aliphatic carbocycles. The lowest BCUT2D eigenvalue weighted by Gasteiger charge is -2.26. The lowest BCUT2D eigenvalue weighted by molar-refractivity contribution is -0.120. The zero-order chi connectivity index (χ0) is 12.6. The van der Waals surface area contributed by atoms with Crippen molar-refractivity contribution >= 4 is 15.9 Å². The number of hydrogen-bond donors (Lipinski definition) is 2. The maximum absolute atomic E-state index is 11.5. The summed E-state index contributed by atoms with van der Waals surface area (Å²) in [5.74, 6) is -0.505. The molecule has 1 saturated carbocycles. The predicted molar refractivity (Wildman–Crippen MR) is 62.1 cm³/mol. The van der Waals surface area contributed by atoms with E-state index in [4.69, 9.17) is 5.73 Å². The number of rotatable bonds is 4. The van der Waals surface area contributed by atoms with Gasteiger partial charge in [-0.15, -0.1) is 0 Å². The van der Waals surface area contributed by atoms with Crippen LogP contribution >= 0.6 is 0 Å². The van der Waals surface area contributed by atoms with Crippen LogP contribution in [0, 0.1) is 5.41 Å². The molecule has 16 heavy (non-hydrogen) atoms. The van der Waals surface area contributed by atoms with Gasteiger partial charge in [-0.3, -0.25) is 9.52 Å². The van der Waals surface area contributed by atoms with E-state index >= 15 is 0 Å². The van der Waals surface area contributed by atoms with E-state index in [0.717, 1.165) is 0 Å². The second-order valence-electron chi connectivity index (χ2n) is 5.45. The van der Waals surface area contributed by atoms with Gasteiger partial charge in [0.25, 0.3) is 0 Å². The molecule has 3 N–H and O–H groups in total. The summed E-state index contributed by atoms with van der Waals surface area (Å²) in [6, 6.07) is -0.345. The number of nitrogens with one attached hydrogen (secondary N) is 1. The Morgan fingerprint density at radius 2 is 1.94 bits per heavy atom. The highest BCUT2D eigenvalue weighted by atomic mass is 32.2. The van der Waals surface area contributed by atoms with Crippen molar-refractivity contribution in [2.75, 3.05) is 0 Å². The molecular weight excluding hydrogens is 228 g/mol. The van der Waals surface area contributed by atoms with E-state index in [-0.39, 0.29) is 23.1 Å². The Morgan fingerprint density at radius 3 is 2.31 bits per heavy atom. The Hall–Kier alpha value is -0.620. The monoisotopic (exact) mass is 248 g/mol. The first kappa shape index (κ1) is 13.4. The summed E-state index contributed by atoms with van der Waals surface area (Å²) < 4.78 is 25.0. The Labute approximate surface area is 96.8 Å². The number of carbonyl (C=O) groups is 1. The highest BCUT2D eigenvalue weighted by molar-refractivity contribution is 7.90. The molecule has 0 aliphatic heterocycles. The smallest absolute Gasteiger partial charge is 0.237 e. The van der Waals surface area contributed by atoms with Crippen molar-refractivity contribution in [1.82, 2.24) is 4.72 Å². The molecule has 0 aromatic carbocycles. The molecule has 1 atom stereocenters. The second-order valence-corrected chi connectivity index (χ2v) is 7.41. The topological polar surface area (TPSA) is 89.3 Å². The molecule has 0 spiro atoms. The van der Waals surface area contributed by atoms with Crippen molar-refractivity contribution in [3.8, 4) is 0 Å². The molecule has 1 rings (SSSR count). The fraction of sp³-hybridized carbons (Fsp3) is 0.900. The molecule has 1 amide bonds. The van der Waals surface area contributed by atoms with Crippen LogP contribution in [-0.2, 0) is 14.8 Å². The van der Waals surface area contributed by atoms with Gasteiger partial charge in [-0.05, 0) is 18.3 Å². The fourth-order valence-corrected chi connectivity index (χ4v) is 2.49. The normalized spacial score (nSPS) is 19.2. The first-order chi connectivity index (χ1) is 7.13. The van der Waals surface area contributed by atoms with Gasteiger partial charge in [0.05, 0.1) is 5.25 Å². The van der Waals surface area contributed by atoms with Crippen molar-refractivity contribution in [3.05, 3.63) is 0 Å². The molecule has 94 valence electrons. The Kier molecular flexibility index (Phi) is 3.64. The minimum atomic E-state index is -3.43. The largest absolute Gasteiger partial charge is 0.327 e. The van der Waals surface area contributed by atoms with Crippen LogP contribution in [0.2, 0.25) is 0 Å². The van der Waals surface area contributed by atoms with Crippen LogP contribution in [0.3, 0.4) is 0 Å². The van der Waals surface area contributed by atoms with Gasteiger partial charge in [0, 0.05) is 12.5 Å². The quantitative estimate of drug-likeness (QED) is 0.751. The molecule has 0 radical (unpaired) electrons. The van der Waals surface area contributed by atoms with Crippen LogP contribution in [0.1, 0.15) is 40.0 Å². The van der Waals surface area contributed by atoms with Crippen molar-refractivity contribution in [2.24, 2.45) is 11.1 Å². The van der Waals surface area contributed by atoms with E-state index in [1.807, 2.05) is 20.8 Å². The SMILES string of the molecule is CC(C)(C)C(N)CC(=O)NS(=O)(=O)C1CC1. The summed E-state index contributed by atoms with van der Waals surface area (Å²) in [5.41, 5.74) is 5.60. The van der Waals surface area contributed by atoms with Crippen LogP contribution in [0.15, 0.2) is 0 Å². The number of nitrogens with two attached hydrogens (primary N) is 1. The molecular formula is C10H20N2O3S. The minimum absolute atomic E-state index is 0.0372. The zero-order valence-electron chi connectivity index (χ0n) is 9.99. The van der Waals surface area contributed by atoms with Gasteiger partial charge >= 0.3 is 0 Å². The van der Waals surface area contributed by atoms with E-state index in [0.29, 0.717) is 12.8 Å². The summed E-state index contributed by atoms with van der Waals surface area (Å²) in [6.07, 6.45) is 1.33. The molecule has 1 aliphatic rings. The average Bonchev–Trinajstić information content (AvgIpc) is 2.81. The molecule has 0 aromatic rings. The number of carbonyl (C=O) groups excluding carboxylic acids is 1. The van der Waals surface area contributed by atoms with Crippen molar-refractivity contribution in [3.63, 3.8) is 0 Å². The maximum atomic E-state index is 11.5. The average molecular weight is 248 g/mol. The third-order valence-corrected chi connectivity index (χ3v) is 4.60. The van der Waals surface area contributed by atoms with Gasteiger partial charge in [-0.25, -0.2) is 8.42 Å². The third-order valence-electron chi connectivity index (χ3n) is 2.74. The summed E-state index contributed by atoms with van der Waals surface area (Å²) in [7, 11) is -3.43. The van der Waals surface area contributed by atoms with Gasteiger partial charge in [0.15, 0.2) is 0 Å². The number of hydrogen-bond acceptors (Lipinski definition) is 4. The van der Waals surface area contributed by atoms with E-state index < -0.39 is 15.9 Å². The first-order valence-electron chi connectivity index (χ1n) is 5.43. The lowest BCUT2D eigenvalue weighted by atomic mass is 9.85. The predicted octanol–water partition coefficient (Wildman–Crippen LogP) is 0.358. The van der Waals surface area contributed by atoms with E-state index in [9.17, 15) is 13.2 Å². The summed E-state index contributed by atoms with van der Waals surface area (Å²) in [5, 5.41) is -0.373. The number of amides is 1. The Bertz CT molecular complexity index is 366. The van der Waals surface area contributed by atoms with Gasteiger partial charge in [-0.1, -0.05) is 20.8 Å². The molecule has 0 saturated heterocycles. The van der Waals surface area contributed by atoms with Crippen molar-refractivity contribution in [1.29, 1.82) is 0 Å².